The Morgan fingerprint density at radius 3 is 2.45 bits per heavy atom. The lowest BCUT2D eigenvalue weighted by molar-refractivity contribution is 0.0295. The summed E-state index contributed by atoms with van der Waals surface area (Å²) in [5.41, 5.74) is -0.361. The number of nitrogens with one attached hydrogen (secondary N) is 1. The van der Waals surface area contributed by atoms with Crippen molar-refractivity contribution in [3.8, 4) is 5.75 Å². The fraction of sp³-hybridized carbons (Fsp3) is 0.625. The molecular formula is C16H27N3O3. The molecule has 6 heteroatoms. The summed E-state index contributed by atoms with van der Waals surface area (Å²) >= 11 is 0. The lowest BCUT2D eigenvalue weighted by Gasteiger charge is -2.23. The molecule has 1 amide bonds. The summed E-state index contributed by atoms with van der Waals surface area (Å²) in [7, 11) is 3.45. The predicted octanol–water partition coefficient (Wildman–Crippen LogP) is 3.15. The van der Waals surface area contributed by atoms with Crippen LogP contribution in [0.1, 0.15) is 33.6 Å². The fourth-order valence-corrected chi connectivity index (χ4v) is 1.90. The first kappa shape index (κ1) is 18.1. The maximum Gasteiger partial charge on any atom is 0.410 e. The van der Waals surface area contributed by atoms with E-state index in [4.69, 9.17) is 9.47 Å². The number of aromatic nitrogens is 1. The van der Waals surface area contributed by atoms with Crippen molar-refractivity contribution in [3.05, 3.63) is 18.3 Å². The molecule has 0 atom stereocenters. The van der Waals surface area contributed by atoms with E-state index in [-0.39, 0.29) is 11.7 Å². The van der Waals surface area contributed by atoms with Gasteiger partial charge in [0.15, 0.2) is 0 Å². The zero-order valence-electron chi connectivity index (χ0n) is 14.2. The molecule has 6 nitrogen and oxygen atoms in total. The van der Waals surface area contributed by atoms with Crippen LogP contribution in [0.15, 0.2) is 18.3 Å². The number of likely N-dealkylation sites (tertiary alicyclic amines) is 1. The first-order valence-electron chi connectivity index (χ1n) is 7.51. The van der Waals surface area contributed by atoms with E-state index >= 15 is 0 Å². The second-order valence-electron chi connectivity index (χ2n) is 6.01. The number of hydrogen-bond donors (Lipinski definition) is 1. The Bertz CT molecular complexity index is 447. The zero-order chi connectivity index (χ0) is 16.6. The summed E-state index contributed by atoms with van der Waals surface area (Å²) in [6.45, 7) is 7.38. The standard InChI is InChI=1S/C9H17NO2.C7H10N2O/c1-9(2,3)12-8(11)10-6-4-5-7-10;1-8-7-5-6(10-2)3-4-9-7/h4-7H2,1-3H3;3-5H,1-2H3,(H,8,9). The molecule has 2 heterocycles. The van der Waals surface area contributed by atoms with Crippen molar-refractivity contribution in [2.45, 2.75) is 39.2 Å². The Kier molecular flexibility index (Phi) is 6.95. The van der Waals surface area contributed by atoms with Crippen molar-refractivity contribution in [1.29, 1.82) is 0 Å². The SMILES string of the molecule is CC(C)(C)OC(=O)N1CCCC1.CNc1cc(OC)ccn1. The van der Waals surface area contributed by atoms with Gasteiger partial charge in [-0.3, -0.25) is 0 Å². The summed E-state index contributed by atoms with van der Waals surface area (Å²) < 4.78 is 10.2. The molecule has 1 aliphatic rings. The van der Waals surface area contributed by atoms with Gasteiger partial charge in [0.05, 0.1) is 7.11 Å². The summed E-state index contributed by atoms with van der Waals surface area (Å²) in [5.74, 6) is 1.64. The summed E-state index contributed by atoms with van der Waals surface area (Å²) in [6, 6.07) is 3.64. The molecule has 22 heavy (non-hydrogen) atoms. The summed E-state index contributed by atoms with van der Waals surface area (Å²) in [5, 5.41) is 2.91. The van der Waals surface area contributed by atoms with Crippen molar-refractivity contribution in [2.24, 2.45) is 0 Å². The summed E-state index contributed by atoms with van der Waals surface area (Å²) in [4.78, 5) is 17.1. The minimum absolute atomic E-state index is 0.167. The Morgan fingerprint density at radius 1 is 1.32 bits per heavy atom. The topological polar surface area (TPSA) is 63.7 Å². The lowest BCUT2D eigenvalue weighted by atomic mass is 10.2. The molecule has 1 aliphatic heterocycles. The number of amides is 1. The van der Waals surface area contributed by atoms with Crippen LogP contribution < -0.4 is 10.1 Å². The van der Waals surface area contributed by atoms with E-state index in [0.29, 0.717) is 0 Å². The highest BCUT2D eigenvalue weighted by Crippen LogP contribution is 2.14. The summed E-state index contributed by atoms with van der Waals surface area (Å²) in [6.07, 6.45) is 3.75. The molecule has 1 aromatic rings. The zero-order valence-corrected chi connectivity index (χ0v) is 14.2. The van der Waals surface area contributed by atoms with Crippen LogP contribution in [0.4, 0.5) is 10.6 Å². The first-order valence-corrected chi connectivity index (χ1v) is 7.51. The van der Waals surface area contributed by atoms with Gasteiger partial charge in [-0.2, -0.15) is 0 Å². The molecule has 0 bridgehead atoms. The Labute approximate surface area is 132 Å². The van der Waals surface area contributed by atoms with Crippen LogP contribution in [-0.2, 0) is 4.74 Å². The molecule has 0 unspecified atom stereocenters. The second-order valence-corrected chi connectivity index (χ2v) is 6.01. The number of ether oxygens (including phenoxy) is 2. The van der Waals surface area contributed by atoms with E-state index in [1.165, 1.54) is 0 Å². The average molecular weight is 309 g/mol. The average Bonchev–Trinajstić information content (AvgIpc) is 3.00. The Hall–Kier alpha value is -1.98. The molecule has 1 fully saturated rings. The van der Waals surface area contributed by atoms with Crippen molar-refractivity contribution in [3.63, 3.8) is 0 Å². The molecule has 0 aliphatic carbocycles. The molecule has 2 rings (SSSR count). The van der Waals surface area contributed by atoms with Gasteiger partial charge >= 0.3 is 6.09 Å². The van der Waals surface area contributed by atoms with Gasteiger partial charge in [0.2, 0.25) is 0 Å². The number of methoxy groups -OCH3 is 1. The molecule has 0 saturated carbocycles. The largest absolute Gasteiger partial charge is 0.497 e. The number of pyridine rings is 1. The maximum absolute atomic E-state index is 11.4. The van der Waals surface area contributed by atoms with E-state index in [1.807, 2.05) is 33.9 Å². The van der Waals surface area contributed by atoms with Crippen LogP contribution in [0, 0.1) is 0 Å². The van der Waals surface area contributed by atoms with Crippen LogP contribution in [-0.4, -0.2) is 48.8 Å². The van der Waals surface area contributed by atoms with E-state index < -0.39 is 0 Å². The maximum atomic E-state index is 11.4. The fourth-order valence-electron chi connectivity index (χ4n) is 1.90. The van der Waals surface area contributed by atoms with Gasteiger partial charge < -0.3 is 19.7 Å². The molecule has 1 aromatic heterocycles. The highest BCUT2D eigenvalue weighted by molar-refractivity contribution is 5.68. The first-order chi connectivity index (χ1) is 10.4. The monoisotopic (exact) mass is 309 g/mol. The quantitative estimate of drug-likeness (QED) is 0.909. The van der Waals surface area contributed by atoms with E-state index in [1.54, 1.807) is 24.3 Å². The normalized spacial score (nSPS) is 14.0. The van der Waals surface area contributed by atoms with Gasteiger partial charge in [0.25, 0.3) is 0 Å². The third-order valence-corrected chi connectivity index (χ3v) is 2.98. The second kappa shape index (κ2) is 8.46. The van der Waals surface area contributed by atoms with Crippen molar-refractivity contribution in [1.82, 2.24) is 9.88 Å². The van der Waals surface area contributed by atoms with Crippen molar-refractivity contribution in [2.75, 3.05) is 32.6 Å². The Morgan fingerprint density at radius 2 is 1.95 bits per heavy atom. The number of hydrogen-bond acceptors (Lipinski definition) is 5. The van der Waals surface area contributed by atoms with E-state index in [9.17, 15) is 4.79 Å². The van der Waals surface area contributed by atoms with Crippen LogP contribution in [0.3, 0.4) is 0 Å². The van der Waals surface area contributed by atoms with Gasteiger partial charge in [-0.15, -0.1) is 0 Å². The molecular weight excluding hydrogens is 282 g/mol. The van der Waals surface area contributed by atoms with Crippen LogP contribution in [0.5, 0.6) is 5.75 Å². The highest BCUT2D eigenvalue weighted by Gasteiger charge is 2.23. The minimum Gasteiger partial charge on any atom is -0.497 e. The minimum atomic E-state index is -0.361. The lowest BCUT2D eigenvalue weighted by Crippen LogP contribution is -2.34. The highest BCUT2D eigenvalue weighted by atomic mass is 16.6. The molecule has 0 aromatic carbocycles. The molecule has 0 radical (unpaired) electrons. The van der Waals surface area contributed by atoms with Crippen LogP contribution in [0.25, 0.3) is 0 Å². The molecule has 124 valence electrons. The van der Waals surface area contributed by atoms with Gasteiger partial charge in [-0.25, -0.2) is 9.78 Å². The number of carbonyl (C=O) groups excluding carboxylic acids is 1. The van der Waals surface area contributed by atoms with Gasteiger partial charge in [0.1, 0.15) is 17.2 Å². The van der Waals surface area contributed by atoms with Gasteiger partial charge in [0, 0.05) is 32.4 Å². The molecule has 0 spiro atoms. The number of anilines is 1. The van der Waals surface area contributed by atoms with Gasteiger partial charge in [-0.05, 0) is 39.7 Å². The van der Waals surface area contributed by atoms with Crippen LogP contribution >= 0.6 is 0 Å². The Balaban J connectivity index is 0.000000224. The van der Waals surface area contributed by atoms with E-state index in [0.717, 1.165) is 37.5 Å². The predicted molar refractivity (Wildman–Crippen MR) is 87.4 cm³/mol. The molecule has 1 saturated heterocycles. The molecule has 1 N–H and O–H groups in total. The van der Waals surface area contributed by atoms with Gasteiger partial charge in [-0.1, -0.05) is 0 Å². The number of nitrogens with zero attached hydrogens (tertiary/aromatic N) is 2. The smallest absolute Gasteiger partial charge is 0.410 e. The third kappa shape index (κ3) is 6.65. The van der Waals surface area contributed by atoms with E-state index in [2.05, 4.69) is 10.3 Å². The van der Waals surface area contributed by atoms with Crippen LogP contribution in [0.2, 0.25) is 0 Å². The third-order valence-electron chi connectivity index (χ3n) is 2.98. The number of carbonyl (C=O) groups is 1. The van der Waals surface area contributed by atoms with Crippen molar-refractivity contribution >= 4 is 11.9 Å². The number of rotatable bonds is 2. The van der Waals surface area contributed by atoms with Crippen molar-refractivity contribution < 1.29 is 14.3 Å².